The molecule has 5 heteroatoms. The van der Waals surface area contributed by atoms with Crippen LogP contribution in [-0.4, -0.2) is 30.3 Å². The standard InChI is InChI=1S/C14H18O5/c1-14(2,3)13(17)19-9-8-18-11-6-4-10(5-7-11)12(15)16/h4-7H,8-9H2,1-3H3,(H,15,16). The molecule has 19 heavy (non-hydrogen) atoms. The summed E-state index contributed by atoms with van der Waals surface area (Å²) in [5.41, 5.74) is -0.324. The van der Waals surface area contributed by atoms with Crippen molar-refractivity contribution >= 4 is 11.9 Å². The van der Waals surface area contributed by atoms with Crippen molar-refractivity contribution in [2.75, 3.05) is 13.2 Å². The van der Waals surface area contributed by atoms with Crippen LogP contribution < -0.4 is 4.74 Å². The molecule has 1 aromatic rings. The van der Waals surface area contributed by atoms with Gasteiger partial charge in [0.05, 0.1) is 11.0 Å². The molecule has 1 rings (SSSR count). The third-order valence-electron chi connectivity index (χ3n) is 2.30. The van der Waals surface area contributed by atoms with E-state index in [4.69, 9.17) is 14.6 Å². The summed E-state index contributed by atoms with van der Waals surface area (Å²) in [7, 11) is 0. The molecule has 0 unspecified atom stereocenters. The fourth-order valence-electron chi connectivity index (χ4n) is 1.20. The Labute approximate surface area is 112 Å². The number of carbonyl (C=O) groups is 2. The lowest BCUT2D eigenvalue weighted by Gasteiger charge is -2.16. The van der Waals surface area contributed by atoms with Crippen LogP contribution in [-0.2, 0) is 9.53 Å². The molecule has 0 fully saturated rings. The van der Waals surface area contributed by atoms with E-state index in [9.17, 15) is 9.59 Å². The van der Waals surface area contributed by atoms with Gasteiger partial charge in [-0.3, -0.25) is 4.79 Å². The summed E-state index contributed by atoms with van der Waals surface area (Å²) in [6.45, 7) is 5.73. The van der Waals surface area contributed by atoms with Gasteiger partial charge in [-0.2, -0.15) is 0 Å². The van der Waals surface area contributed by atoms with Crippen molar-refractivity contribution in [3.63, 3.8) is 0 Å². The number of benzene rings is 1. The zero-order valence-corrected chi connectivity index (χ0v) is 11.3. The second-order valence-electron chi connectivity index (χ2n) is 5.06. The lowest BCUT2D eigenvalue weighted by Crippen LogP contribution is -2.24. The van der Waals surface area contributed by atoms with E-state index in [1.807, 2.05) is 0 Å². The molecule has 0 aliphatic rings. The van der Waals surface area contributed by atoms with Gasteiger partial charge in [-0.1, -0.05) is 0 Å². The van der Waals surface area contributed by atoms with Crippen molar-refractivity contribution in [2.45, 2.75) is 20.8 Å². The molecule has 0 bridgehead atoms. The van der Waals surface area contributed by atoms with E-state index in [0.29, 0.717) is 5.75 Å². The fourth-order valence-corrected chi connectivity index (χ4v) is 1.20. The number of esters is 1. The molecule has 0 spiro atoms. The van der Waals surface area contributed by atoms with Gasteiger partial charge in [0.1, 0.15) is 19.0 Å². The Kier molecular flexibility index (Phi) is 4.92. The van der Waals surface area contributed by atoms with Crippen molar-refractivity contribution in [1.29, 1.82) is 0 Å². The number of hydrogen-bond donors (Lipinski definition) is 1. The third-order valence-corrected chi connectivity index (χ3v) is 2.30. The van der Waals surface area contributed by atoms with Gasteiger partial charge in [-0.15, -0.1) is 0 Å². The van der Waals surface area contributed by atoms with Crippen LogP contribution in [0.4, 0.5) is 0 Å². The predicted molar refractivity (Wildman–Crippen MR) is 69.3 cm³/mol. The maximum Gasteiger partial charge on any atom is 0.335 e. The van der Waals surface area contributed by atoms with Gasteiger partial charge < -0.3 is 14.6 Å². The summed E-state index contributed by atoms with van der Waals surface area (Å²) in [6.07, 6.45) is 0. The molecule has 5 nitrogen and oxygen atoms in total. The summed E-state index contributed by atoms with van der Waals surface area (Å²) in [6, 6.07) is 6.04. The first-order valence-electron chi connectivity index (χ1n) is 5.94. The number of ether oxygens (including phenoxy) is 2. The highest BCUT2D eigenvalue weighted by molar-refractivity contribution is 5.87. The van der Waals surface area contributed by atoms with Crippen molar-refractivity contribution in [2.24, 2.45) is 5.41 Å². The topological polar surface area (TPSA) is 72.8 Å². The van der Waals surface area contributed by atoms with E-state index in [1.54, 1.807) is 32.9 Å². The van der Waals surface area contributed by atoms with Gasteiger partial charge in [-0.25, -0.2) is 4.79 Å². The molecule has 104 valence electrons. The fraction of sp³-hybridized carbons (Fsp3) is 0.429. The zero-order chi connectivity index (χ0) is 14.5. The summed E-state index contributed by atoms with van der Waals surface area (Å²) in [4.78, 5) is 22.1. The number of aromatic carboxylic acids is 1. The molecular weight excluding hydrogens is 248 g/mol. The second kappa shape index (κ2) is 6.22. The van der Waals surface area contributed by atoms with E-state index < -0.39 is 11.4 Å². The SMILES string of the molecule is CC(C)(C)C(=O)OCCOc1ccc(C(=O)O)cc1. The van der Waals surface area contributed by atoms with Crippen LogP contribution in [0.25, 0.3) is 0 Å². The minimum Gasteiger partial charge on any atom is -0.490 e. The number of hydrogen-bond acceptors (Lipinski definition) is 4. The molecular formula is C14H18O5. The molecule has 1 aromatic carbocycles. The number of carboxylic acid groups (broad SMARTS) is 1. The van der Waals surface area contributed by atoms with Crippen LogP contribution in [0.5, 0.6) is 5.75 Å². The van der Waals surface area contributed by atoms with Gasteiger partial charge >= 0.3 is 11.9 Å². The molecule has 0 saturated carbocycles. The molecule has 0 amide bonds. The Morgan fingerprint density at radius 2 is 1.68 bits per heavy atom. The largest absolute Gasteiger partial charge is 0.490 e. The minimum absolute atomic E-state index is 0.163. The second-order valence-corrected chi connectivity index (χ2v) is 5.06. The molecule has 0 aromatic heterocycles. The van der Waals surface area contributed by atoms with Gasteiger partial charge in [0, 0.05) is 0 Å². The van der Waals surface area contributed by atoms with E-state index in [1.165, 1.54) is 12.1 Å². The highest BCUT2D eigenvalue weighted by atomic mass is 16.6. The van der Waals surface area contributed by atoms with Crippen molar-refractivity contribution in [3.8, 4) is 5.75 Å². The minimum atomic E-state index is -0.981. The Balaban J connectivity index is 2.34. The summed E-state index contributed by atoms with van der Waals surface area (Å²) in [5.74, 6) is -0.722. The van der Waals surface area contributed by atoms with E-state index in [0.717, 1.165) is 0 Å². The van der Waals surface area contributed by atoms with Crippen molar-refractivity contribution < 1.29 is 24.2 Å². The maximum atomic E-state index is 11.5. The average Bonchev–Trinajstić information content (AvgIpc) is 2.33. The van der Waals surface area contributed by atoms with Crippen LogP contribution >= 0.6 is 0 Å². The normalized spacial score (nSPS) is 10.9. The number of carboxylic acids is 1. The van der Waals surface area contributed by atoms with E-state index in [-0.39, 0.29) is 24.7 Å². The van der Waals surface area contributed by atoms with Crippen molar-refractivity contribution in [3.05, 3.63) is 29.8 Å². The molecule has 0 atom stereocenters. The van der Waals surface area contributed by atoms with Crippen LogP contribution in [0.3, 0.4) is 0 Å². The Hall–Kier alpha value is -2.04. The van der Waals surface area contributed by atoms with Gasteiger partial charge in [0.25, 0.3) is 0 Å². The smallest absolute Gasteiger partial charge is 0.335 e. The Morgan fingerprint density at radius 1 is 1.11 bits per heavy atom. The molecule has 0 radical (unpaired) electrons. The number of carbonyl (C=O) groups excluding carboxylic acids is 1. The quantitative estimate of drug-likeness (QED) is 0.654. The maximum absolute atomic E-state index is 11.5. The summed E-state index contributed by atoms with van der Waals surface area (Å²) >= 11 is 0. The molecule has 1 N–H and O–H groups in total. The Bertz CT molecular complexity index is 442. The van der Waals surface area contributed by atoms with Crippen molar-refractivity contribution in [1.82, 2.24) is 0 Å². The average molecular weight is 266 g/mol. The van der Waals surface area contributed by atoms with E-state index in [2.05, 4.69) is 0 Å². The third kappa shape index (κ3) is 4.99. The summed E-state index contributed by atoms with van der Waals surface area (Å²) in [5, 5.41) is 8.73. The predicted octanol–water partition coefficient (Wildman–Crippen LogP) is 2.35. The lowest BCUT2D eigenvalue weighted by molar-refractivity contribution is -0.153. The summed E-state index contributed by atoms with van der Waals surface area (Å²) < 4.78 is 10.4. The highest BCUT2D eigenvalue weighted by Gasteiger charge is 2.22. The van der Waals surface area contributed by atoms with Gasteiger partial charge in [-0.05, 0) is 45.0 Å². The first-order valence-corrected chi connectivity index (χ1v) is 5.94. The molecule has 0 heterocycles. The van der Waals surface area contributed by atoms with Gasteiger partial charge in [0.2, 0.25) is 0 Å². The van der Waals surface area contributed by atoms with E-state index >= 15 is 0 Å². The lowest BCUT2D eigenvalue weighted by atomic mass is 9.97. The van der Waals surface area contributed by atoms with Crippen LogP contribution in [0, 0.1) is 5.41 Å². The first kappa shape index (κ1) is 15.0. The number of rotatable bonds is 5. The molecule has 0 saturated heterocycles. The van der Waals surface area contributed by atoms with Crippen LogP contribution in [0.2, 0.25) is 0 Å². The Morgan fingerprint density at radius 3 is 2.16 bits per heavy atom. The monoisotopic (exact) mass is 266 g/mol. The highest BCUT2D eigenvalue weighted by Crippen LogP contribution is 2.15. The van der Waals surface area contributed by atoms with Crippen LogP contribution in [0.15, 0.2) is 24.3 Å². The molecule has 0 aliphatic heterocycles. The van der Waals surface area contributed by atoms with Gasteiger partial charge in [0.15, 0.2) is 0 Å². The zero-order valence-electron chi connectivity index (χ0n) is 11.3. The van der Waals surface area contributed by atoms with Crippen LogP contribution in [0.1, 0.15) is 31.1 Å². The first-order chi connectivity index (χ1) is 8.80. The molecule has 0 aliphatic carbocycles.